The lowest BCUT2D eigenvalue weighted by molar-refractivity contribution is 0.309. The second kappa shape index (κ2) is 7.84. The van der Waals surface area contributed by atoms with Gasteiger partial charge in [-0.3, -0.25) is 0 Å². The largest absolute Gasteiger partial charge is 0.493 e. The van der Waals surface area contributed by atoms with Crippen molar-refractivity contribution in [3.63, 3.8) is 0 Å². The van der Waals surface area contributed by atoms with E-state index in [4.69, 9.17) is 10.5 Å². The van der Waals surface area contributed by atoms with Gasteiger partial charge in [-0.2, -0.15) is 0 Å². The summed E-state index contributed by atoms with van der Waals surface area (Å²) in [6.07, 6.45) is 5.73. The Hall–Kier alpha value is -1.80. The summed E-state index contributed by atoms with van der Waals surface area (Å²) in [7, 11) is 0. The fourth-order valence-electron chi connectivity index (χ4n) is 2.48. The third kappa shape index (κ3) is 4.08. The van der Waals surface area contributed by atoms with E-state index >= 15 is 0 Å². The number of fused-ring (bicyclic) bond motifs is 1. The molecule has 0 heterocycles. The lowest BCUT2D eigenvalue weighted by atomic mass is 9.97. The highest BCUT2D eigenvalue weighted by Crippen LogP contribution is 2.29. The minimum absolute atomic E-state index is 0.173. The Balaban J connectivity index is 2.29. The summed E-state index contributed by atoms with van der Waals surface area (Å²) in [5, 5.41) is 2.50. The Kier molecular flexibility index (Phi) is 5.82. The molecule has 0 radical (unpaired) electrons. The van der Waals surface area contributed by atoms with Crippen LogP contribution < -0.4 is 10.5 Å². The summed E-state index contributed by atoms with van der Waals surface area (Å²) < 4.78 is 5.99. The average Bonchev–Trinajstić information content (AvgIpc) is 2.53. The van der Waals surface area contributed by atoms with Gasteiger partial charge in [-0.05, 0) is 42.5 Å². The molecule has 2 rings (SSSR count). The van der Waals surface area contributed by atoms with Gasteiger partial charge < -0.3 is 10.5 Å². The first kappa shape index (κ1) is 15.6. The highest BCUT2D eigenvalue weighted by molar-refractivity contribution is 5.87. The molecule has 0 aliphatic rings. The summed E-state index contributed by atoms with van der Waals surface area (Å²) in [5.41, 5.74) is 7.41. The maximum atomic E-state index is 6.17. The maximum absolute atomic E-state index is 6.17. The van der Waals surface area contributed by atoms with Crippen molar-refractivity contribution in [3.05, 3.63) is 54.6 Å². The first-order valence-electron chi connectivity index (χ1n) is 7.76. The van der Waals surface area contributed by atoms with Crippen LogP contribution in [-0.2, 0) is 6.42 Å². The van der Waals surface area contributed by atoms with Crippen LogP contribution in [0.3, 0.4) is 0 Å². The molecule has 0 bridgehead atoms. The Morgan fingerprint density at radius 3 is 2.81 bits per heavy atom. The van der Waals surface area contributed by atoms with Crippen LogP contribution in [0.1, 0.15) is 31.7 Å². The molecule has 0 amide bonds. The number of unbranched alkanes of at least 4 members (excludes halogenated alkanes) is 1. The van der Waals surface area contributed by atoms with Crippen LogP contribution in [0.15, 0.2) is 49.1 Å². The predicted molar refractivity (Wildman–Crippen MR) is 90.8 cm³/mol. The summed E-state index contributed by atoms with van der Waals surface area (Å²) in [4.78, 5) is 0. The monoisotopic (exact) mass is 283 g/mol. The van der Waals surface area contributed by atoms with E-state index in [0.29, 0.717) is 0 Å². The number of allylic oxidation sites excluding steroid dienone is 1. The summed E-state index contributed by atoms with van der Waals surface area (Å²) in [5.74, 6) is 0.974. The molecule has 2 nitrogen and oxygen atoms in total. The van der Waals surface area contributed by atoms with Crippen LogP contribution in [0.4, 0.5) is 0 Å². The second-order valence-electron chi connectivity index (χ2n) is 5.42. The summed E-state index contributed by atoms with van der Waals surface area (Å²) in [6, 6.07) is 12.8. The maximum Gasteiger partial charge on any atom is 0.123 e. The molecule has 2 aromatic rings. The van der Waals surface area contributed by atoms with E-state index in [-0.39, 0.29) is 6.04 Å². The zero-order valence-corrected chi connectivity index (χ0v) is 12.8. The fourth-order valence-corrected chi connectivity index (χ4v) is 2.48. The standard InChI is InChI=1S/C19H25NO/c1-3-5-8-13-21-19-12-11-15-9-6-7-10-17(15)18(19)14-16(20)4-2/h3,6-7,9-12,16H,1,4-5,8,13-14,20H2,2H3. The third-order valence-corrected chi connectivity index (χ3v) is 3.80. The van der Waals surface area contributed by atoms with Crippen molar-refractivity contribution in [2.75, 3.05) is 6.61 Å². The van der Waals surface area contributed by atoms with Gasteiger partial charge in [0.2, 0.25) is 0 Å². The lowest BCUT2D eigenvalue weighted by Gasteiger charge is -2.17. The van der Waals surface area contributed by atoms with Gasteiger partial charge in [0.25, 0.3) is 0 Å². The number of nitrogens with two attached hydrogens (primary N) is 1. The van der Waals surface area contributed by atoms with Gasteiger partial charge in [0.1, 0.15) is 5.75 Å². The van der Waals surface area contributed by atoms with Crippen molar-refractivity contribution in [2.45, 2.75) is 38.6 Å². The summed E-state index contributed by atoms with van der Waals surface area (Å²) >= 11 is 0. The predicted octanol–water partition coefficient (Wildman–Crippen LogP) is 4.46. The van der Waals surface area contributed by atoms with Crippen molar-refractivity contribution in [1.82, 2.24) is 0 Å². The smallest absolute Gasteiger partial charge is 0.123 e. The first-order valence-corrected chi connectivity index (χ1v) is 7.76. The van der Waals surface area contributed by atoms with E-state index in [2.05, 4.69) is 49.9 Å². The topological polar surface area (TPSA) is 35.2 Å². The normalized spacial score (nSPS) is 12.3. The van der Waals surface area contributed by atoms with E-state index in [1.54, 1.807) is 0 Å². The second-order valence-corrected chi connectivity index (χ2v) is 5.42. The van der Waals surface area contributed by atoms with Crippen molar-refractivity contribution < 1.29 is 4.74 Å². The number of ether oxygens (including phenoxy) is 1. The van der Waals surface area contributed by atoms with Gasteiger partial charge >= 0.3 is 0 Å². The third-order valence-electron chi connectivity index (χ3n) is 3.80. The quantitative estimate of drug-likeness (QED) is 0.573. The van der Waals surface area contributed by atoms with Crippen LogP contribution in [-0.4, -0.2) is 12.6 Å². The van der Waals surface area contributed by atoms with Crippen LogP contribution in [0.2, 0.25) is 0 Å². The van der Waals surface area contributed by atoms with Crippen LogP contribution in [0.25, 0.3) is 10.8 Å². The minimum atomic E-state index is 0.173. The number of hydrogen-bond donors (Lipinski definition) is 1. The van der Waals surface area contributed by atoms with Gasteiger partial charge in [0.05, 0.1) is 6.61 Å². The Morgan fingerprint density at radius 2 is 2.05 bits per heavy atom. The molecule has 0 spiro atoms. The molecule has 2 N–H and O–H groups in total. The van der Waals surface area contributed by atoms with E-state index in [0.717, 1.165) is 38.0 Å². The van der Waals surface area contributed by atoms with E-state index in [9.17, 15) is 0 Å². The molecule has 0 aliphatic carbocycles. The number of benzene rings is 2. The van der Waals surface area contributed by atoms with Crippen LogP contribution in [0, 0.1) is 0 Å². The SMILES string of the molecule is C=CCCCOc1ccc2ccccc2c1CC(N)CC. The average molecular weight is 283 g/mol. The molecular formula is C19H25NO. The lowest BCUT2D eigenvalue weighted by Crippen LogP contribution is -2.22. The molecule has 21 heavy (non-hydrogen) atoms. The summed E-state index contributed by atoms with van der Waals surface area (Å²) in [6.45, 7) is 6.59. The van der Waals surface area contributed by atoms with Crippen molar-refractivity contribution >= 4 is 10.8 Å². The molecule has 112 valence electrons. The van der Waals surface area contributed by atoms with E-state index < -0.39 is 0 Å². The van der Waals surface area contributed by atoms with Crippen molar-refractivity contribution in [2.24, 2.45) is 5.73 Å². The fraction of sp³-hybridized carbons (Fsp3) is 0.368. The minimum Gasteiger partial charge on any atom is -0.493 e. The van der Waals surface area contributed by atoms with Gasteiger partial charge in [-0.1, -0.05) is 43.3 Å². The molecular weight excluding hydrogens is 258 g/mol. The number of hydrogen-bond acceptors (Lipinski definition) is 2. The zero-order valence-electron chi connectivity index (χ0n) is 12.8. The molecule has 2 heteroatoms. The van der Waals surface area contributed by atoms with Crippen molar-refractivity contribution in [3.8, 4) is 5.75 Å². The molecule has 0 fully saturated rings. The highest BCUT2D eigenvalue weighted by atomic mass is 16.5. The first-order chi connectivity index (χ1) is 10.3. The molecule has 1 atom stereocenters. The number of rotatable bonds is 8. The van der Waals surface area contributed by atoms with E-state index in [1.165, 1.54) is 16.3 Å². The molecule has 0 saturated heterocycles. The van der Waals surface area contributed by atoms with Gasteiger partial charge in [0, 0.05) is 11.6 Å². The zero-order chi connectivity index (χ0) is 15.1. The molecule has 0 aliphatic heterocycles. The van der Waals surface area contributed by atoms with E-state index in [1.807, 2.05) is 6.08 Å². The van der Waals surface area contributed by atoms with Crippen LogP contribution >= 0.6 is 0 Å². The molecule has 0 saturated carbocycles. The van der Waals surface area contributed by atoms with Gasteiger partial charge in [0.15, 0.2) is 0 Å². The van der Waals surface area contributed by atoms with Crippen molar-refractivity contribution in [1.29, 1.82) is 0 Å². The highest BCUT2D eigenvalue weighted by Gasteiger charge is 2.12. The van der Waals surface area contributed by atoms with Gasteiger partial charge in [-0.25, -0.2) is 0 Å². The van der Waals surface area contributed by atoms with Gasteiger partial charge in [-0.15, -0.1) is 6.58 Å². The Bertz CT molecular complexity index is 591. The molecule has 2 aromatic carbocycles. The Morgan fingerprint density at radius 1 is 1.24 bits per heavy atom. The molecule has 1 unspecified atom stereocenters. The Labute approximate surface area is 127 Å². The van der Waals surface area contributed by atoms with Crippen LogP contribution in [0.5, 0.6) is 5.75 Å². The molecule has 0 aromatic heterocycles.